The predicted molar refractivity (Wildman–Crippen MR) is 103 cm³/mol. The molecule has 5 N–H and O–H groups in total. The monoisotopic (exact) mass is 383 g/mol. The minimum atomic E-state index is -1.05. The quantitative estimate of drug-likeness (QED) is 0.293. The van der Waals surface area contributed by atoms with Crippen LogP contribution >= 0.6 is 0 Å². The number of nitrogens with two attached hydrogens (primary N) is 1. The Kier molecular flexibility index (Phi) is 7.64. The van der Waals surface area contributed by atoms with E-state index in [0.29, 0.717) is 11.3 Å². The topological polar surface area (TPSA) is 147 Å². The van der Waals surface area contributed by atoms with Gasteiger partial charge in [0.05, 0.1) is 18.7 Å². The van der Waals surface area contributed by atoms with Crippen LogP contribution in [0.5, 0.6) is 0 Å². The Morgan fingerprint density at radius 1 is 1.14 bits per heavy atom. The fraction of sp³-hybridized carbons (Fsp3) is 0.211. The number of carboxylic acids is 1. The first-order chi connectivity index (χ1) is 13.5. The van der Waals surface area contributed by atoms with E-state index in [1.165, 1.54) is 12.4 Å². The van der Waals surface area contributed by atoms with Gasteiger partial charge in [0.1, 0.15) is 0 Å². The number of hydrogen-bond donors (Lipinski definition) is 4. The van der Waals surface area contributed by atoms with Crippen LogP contribution in [0.25, 0.3) is 0 Å². The number of nitrogens with one attached hydrogen (secondary N) is 2. The van der Waals surface area contributed by atoms with E-state index in [0.717, 1.165) is 5.56 Å². The van der Waals surface area contributed by atoms with Crippen LogP contribution in [0.15, 0.2) is 53.9 Å². The van der Waals surface area contributed by atoms with E-state index >= 15 is 0 Å². The summed E-state index contributed by atoms with van der Waals surface area (Å²) >= 11 is 0. The van der Waals surface area contributed by atoms with Crippen LogP contribution in [-0.4, -0.2) is 34.1 Å². The van der Waals surface area contributed by atoms with E-state index in [4.69, 9.17) is 10.9 Å². The van der Waals surface area contributed by atoms with Crippen LogP contribution in [0.3, 0.4) is 0 Å². The summed E-state index contributed by atoms with van der Waals surface area (Å²) in [5.41, 5.74) is 1.96. The standard InChI is InChI=1S/C19H21N5O4/c20-22-11-13-3-5-15(6-4-13)23-17(25)7-8-18(26)24-16(10-19(27)28)14-2-1-9-21-12-14/h1-6,9,11-12,16H,7-8,10,20H2,(H,23,25)(H,24,26)(H,27,28). The van der Waals surface area contributed by atoms with Gasteiger partial charge in [-0.25, -0.2) is 0 Å². The van der Waals surface area contributed by atoms with Gasteiger partial charge < -0.3 is 21.6 Å². The molecule has 0 aliphatic carbocycles. The number of anilines is 1. The van der Waals surface area contributed by atoms with Gasteiger partial charge in [-0.2, -0.15) is 5.10 Å². The van der Waals surface area contributed by atoms with Crippen LogP contribution in [0.4, 0.5) is 5.69 Å². The van der Waals surface area contributed by atoms with Gasteiger partial charge in [-0.05, 0) is 29.3 Å². The van der Waals surface area contributed by atoms with Crippen molar-refractivity contribution in [1.29, 1.82) is 0 Å². The Morgan fingerprint density at radius 3 is 2.46 bits per heavy atom. The van der Waals surface area contributed by atoms with Crippen molar-refractivity contribution in [2.45, 2.75) is 25.3 Å². The summed E-state index contributed by atoms with van der Waals surface area (Å²) in [7, 11) is 0. The Hall–Kier alpha value is -3.75. The second-order valence-corrected chi connectivity index (χ2v) is 5.95. The second kappa shape index (κ2) is 10.4. The van der Waals surface area contributed by atoms with E-state index in [-0.39, 0.29) is 25.2 Å². The fourth-order valence-electron chi connectivity index (χ4n) is 2.46. The van der Waals surface area contributed by atoms with Crippen molar-refractivity contribution >= 4 is 29.7 Å². The number of carboxylic acid groups (broad SMARTS) is 1. The molecule has 1 aromatic heterocycles. The van der Waals surface area contributed by atoms with Gasteiger partial charge in [-0.15, -0.1) is 0 Å². The molecule has 2 aromatic rings. The van der Waals surface area contributed by atoms with Crippen molar-refractivity contribution in [3.63, 3.8) is 0 Å². The van der Waals surface area contributed by atoms with Gasteiger partial charge in [0.15, 0.2) is 0 Å². The third-order valence-electron chi connectivity index (χ3n) is 3.80. The largest absolute Gasteiger partial charge is 0.481 e. The Morgan fingerprint density at radius 2 is 1.86 bits per heavy atom. The lowest BCUT2D eigenvalue weighted by molar-refractivity contribution is -0.138. The molecule has 0 aliphatic rings. The molecular formula is C19H21N5O4. The summed E-state index contributed by atoms with van der Waals surface area (Å²) in [6.07, 6.45) is 4.15. The zero-order valence-electron chi connectivity index (χ0n) is 15.0. The molecule has 9 nitrogen and oxygen atoms in total. The van der Waals surface area contributed by atoms with Gasteiger partial charge in [0.2, 0.25) is 11.8 Å². The summed E-state index contributed by atoms with van der Waals surface area (Å²) in [5.74, 6) is 3.28. The molecule has 1 heterocycles. The number of benzene rings is 1. The highest BCUT2D eigenvalue weighted by Gasteiger charge is 2.18. The van der Waals surface area contributed by atoms with Gasteiger partial charge in [0, 0.05) is 30.9 Å². The molecule has 0 aliphatic heterocycles. The van der Waals surface area contributed by atoms with Gasteiger partial charge in [-0.1, -0.05) is 18.2 Å². The van der Waals surface area contributed by atoms with Crippen LogP contribution in [-0.2, 0) is 14.4 Å². The summed E-state index contributed by atoms with van der Waals surface area (Å²) in [5, 5.41) is 17.8. The molecule has 2 amide bonds. The van der Waals surface area contributed by atoms with Crippen molar-refractivity contribution in [3.05, 3.63) is 59.9 Å². The smallest absolute Gasteiger partial charge is 0.305 e. The van der Waals surface area contributed by atoms with Crippen molar-refractivity contribution < 1.29 is 19.5 Å². The van der Waals surface area contributed by atoms with E-state index in [9.17, 15) is 14.4 Å². The number of pyridine rings is 1. The highest BCUT2D eigenvalue weighted by molar-refractivity contribution is 5.93. The lowest BCUT2D eigenvalue weighted by Crippen LogP contribution is -2.30. The second-order valence-electron chi connectivity index (χ2n) is 5.95. The zero-order valence-corrected chi connectivity index (χ0v) is 15.0. The number of nitrogens with zero attached hydrogens (tertiary/aromatic N) is 2. The molecule has 0 saturated heterocycles. The van der Waals surface area contributed by atoms with Crippen LogP contribution < -0.4 is 16.5 Å². The first kappa shape index (κ1) is 20.6. The molecule has 1 unspecified atom stereocenters. The number of carbonyl (C=O) groups excluding carboxylic acids is 2. The maximum atomic E-state index is 12.2. The zero-order chi connectivity index (χ0) is 20.4. The molecule has 146 valence electrons. The number of hydrogen-bond acceptors (Lipinski definition) is 6. The third kappa shape index (κ3) is 6.87. The number of aromatic nitrogens is 1. The Balaban J connectivity index is 1.85. The lowest BCUT2D eigenvalue weighted by atomic mass is 10.1. The Labute approximate surface area is 161 Å². The minimum Gasteiger partial charge on any atom is -0.481 e. The molecule has 0 bridgehead atoms. The maximum Gasteiger partial charge on any atom is 0.305 e. The lowest BCUT2D eigenvalue weighted by Gasteiger charge is -2.17. The molecular weight excluding hydrogens is 362 g/mol. The summed E-state index contributed by atoms with van der Waals surface area (Å²) in [6.45, 7) is 0. The molecule has 0 saturated carbocycles. The molecule has 1 atom stereocenters. The fourth-order valence-corrected chi connectivity index (χ4v) is 2.46. The maximum absolute atomic E-state index is 12.2. The summed E-state index contributed by atoms with van der Waals surface area (Å²) in [4.78, 5) is 39.2. The predicted octanol–water partition coefficient (Wildman–Crippen LogP) is 1.43. The van der Waals surface area contributed by atoms with Gasteiger partial charge in [-0.3, -0.25) is 19.4 Å². The number of amides is 2. The van der Waals surface area contributed by atoms with Gasteiger partial charge >= 0.3 is 5.97 Å². The van der Waals surface area contributed by atoms with E-state index < -0.39 is 17.9 Å². The van der Waals surface area contributed by atoms with E-state index in [1.54, 1.807) is 42.6 Å². The molecule has 0 fully saturated rings. The highest BCUT2D eigenvalue weighted by atomic mass is 16.4. The molecule has 0 radical (unpaired) electrons. The summed E-state index contributed by atoms with van der Waals surface area (Å²) in [6, 6.07) is 9.51. The number of rotatable bonds is 9. The molecule has 2 rings (SSSR count). The first-order valence-electron chi connectivity index (χ1n) is 8.52. The first-order valence-corrected chi connectivity index (χ1v) is 8.52. The van der Waals surface area contributed by atoms with Crippen LogP contribution in [0.1, 0.15) is 36.4 Å². The van der Waals surface area contributed by atoms with Crippen LogP contribution in [0.2, 0.25) is 0 Å². The van der Waals surface area contributed by atoms with Gasteiger partial charge in [0.25, 0.3) is 0 Å². The van der Waals surface area contributed by atoms with E-state index in [1.807, 2.05) is 0 Å². The highest BCUT2D eigenvalue weighted by Crippen LogP contribution is 2.16. The van der Waals surface area contributed by atoms with Crippen molar-refractivity contribution in [2.24, 2.45) is 10.9 Å². The third-order valence-corrected chi connectivity index (χ3v) is 3.80. The van der Waals surface area contributed by atoms with Crippen molar-refractivity contribution in [2.75, 3.05) is 5.32 Å². The van der Waals surface area contributed by atoms with Crippen molar-refractivity contribution in [1.82, 2.24) is 10.3 Å². The van der Waals surface area contributed by atoms with E-state index in [2.05, 4.69) is 20.7 Å². The molecule has 1 aromatic carbocycles. The average molecular weight is 383 g/mol. The number of carbonyl (C=O) groups is 3. The SMILES string of the molecule is NN=Cc1ccc(NC(=O)CCC(=O)NC(CC(=O)O)c2cccnc2)cc1. The molecule has 28 heavy (non-hydrogen) atoms. The number of hydrazone groups is 1. The Bertz CT molecular complexity index is 837. The van der Waals surface area contributed by atoms with Crippen molar-refractivity contribution in [3.8, 4) is 0 Å². The average Bonchev–Trinajstić information content (AvgIpc) is 2.68. The normalized spacial score (nSPS) is 11.7. The summed E-state index contributed by atoms with van der Waals surface area (Å²) < 4.78 is 0. The number of aliphatic carboxylic acids is 1. The van der Waals surface area contributed by atoms with Crippen LogP contribution in [0, 0.1) is 0 Å². The molecule has 9 heteroatoms. The minimum absolute atomic E-state index is 0.0370. The molecule has 0 spiro atoms.